The lowest BCUT2D eigenvalue weighted by atomic mass is 10.3. The summed E-state index contributed by atoms with van der Waals surface area (Å²) in [7, 11) is 2.12. The summed E-state index contributed by atoms with van der Waals surface area (Å²) in [5, 5.41) is 3.60. The molecule has 0 spiro atoms. The maximum atomic E-state index is 12.1. The number of nitrogens with one attached hydrogen (secondary N) is 2. The molecular weight excluding hydrogens is 314 g/mol. The third kappa shape index (κ3) is 4.43. The fourth-order valence-electron chi connectivity index (χ4n) is 2.82. The summed E-state index contributed by atoms with van der Waals surface area (Å²) in [6.45, 7) is 4.87. The molecule has 1 amide bonds. The first kappa shape index (κ1) is 16.2. The van der Waals surface area contributed by atoms with Gasteiger partial charge >= 0.3 is 0 Å². The molecule has 1 fully saturated rings. The Hall–Kier alpha value is -1.63. The highest BCUT2D eigenvalue weighted by molar-refractivity contribution is 6.31. The second kappa shape index (κ2) is 7.29. The maximum absolute atomic E-state index is 12.1. The van der Waals surface area contributed by atoms with Crippen molar-refractivity contribution in [2.75, 3.05) is 39.8 Å². The number of fused-ring (bicyclic) bond motifs is 1. The monoisotopic (exact) mass is 335 g/mol. The molecule has 0 radical (unpaired) electrons. The summed E-state index contributed by atoms with van der Waals surface area (Å²) in [5.41, 5.74) is 1.74. The minimum absolute atomic E-state index is 0.0352. The van der Waals surface area contributed by atoms with E-state index in [-0.39, 0.29) is 5.91 Å². The highest BCUT2D eigenvalue weighted by Crippen LogP contribution is 2.17. The molecule has 1 aromatic carbocycles. The molecule has 1 saturated heterocycles. The highest BCUT2D eigenvalue weighted by atomic mass is 35.5. The van der Waals surface area contributed by atoms with E-state index in [4.69, 9.17) is 11.6 Å². The summed E-state index contributed by atoms with van der Waals surface area (Å²) in [6, 6.07) is 5.51. The number of aromatic nitrogens is 2. The van der Waals surface area contributed by atoms with Gasteiger partial charge in [0.1, 0.15) is 5.82 Å². The third-order valence-electron chi connectivity index (χ3n) is 4.13. The van der Waals surface area contributed by atoms with Crippen LogP contribution in [0.5, 0.6) is 0 Å². The first-order valence-electron chi connectivity index (χ1n) is 7.92. The summed E-state index contributed by atoms with van der Waals surface area (Å²) in [5.74, 6) is 0.777. The smallest absolute Gasteiger partial charge is 0.234 e. The first-order chi connectivity index (χ1) is 11.1. The molecular formula is C16H22ClN5O. The van der Waals surface area contributed by atoms with Gasteiger partial charge in [0.15, 0.2) is 0 Å². The molecule has 2 heterocycles. The zero-order valence-electron chi connectivity index (χ0n) is 13.3. The Kier molecular flexibility index (Phi) is 5.15. The molecule has 124 valence electrons. The van der Waals surface area contributed by atoms with Crippen molar-refractivity contribution in [2.24, 2.45) is 0 Å². The van der Waals surface area contributed by atoms with Gasteiger partial charge < -0.3 is 15.2 Å². The maximum Gasteiger partial charge on any atom is 0.234 e. The van der Waals surface area contributed by atoms with Crippen molar-refractivity contribution in [2.45, 2.75) is 13.0 Å². The van der Waals surface area contributed by atoms with Gasteiger partial charge in [-0.15, -0.1) is 0 Å². The predicted octanol–water partition coefficient (Wildman–Crippen LogP) is 1.47. The zero-order chi connectivity index (χ0) is 16.2. The van der Waals surface area contributed by atoms with Gasteiger partial charge in [-0.25, -0.2) is 4.98 Å². The van der Waals surface area contributed by atoms with Crippen molar-refractivity contribution in [1.29, 1.82) is 0 Å². The predicted molar refractivity (Wildman–Crippen MR) is 91.5 cm³/mol. The molecule has 2 N–H and O–H groups in total. The van der Waals surface area contributed by atoms with Crippen LogP contribution in [0.25, 0.3) is 11.0 Å². The molecule has 0 atom stereocenters. The second-order valence-electron chi connectivity index (χ2n) is 6.05. The van der Waals surface area contributed by atoms with Gasteiger partial charge in [0.2, 0.25) is 5.91 Å². The molecule has 2 aromatic rings. The zero-order valence-corrected chi connectivity index (χ0v) is 14.1. The topological polar surface area (TPSA) is 64.3 Å². The summed E-state index contributed by atoms with van der Waals surface area (Å²) in [4.78, 5) is 24.3. The minimum Gasteiger partial charge on any atom is -0.348 e. The third-order valence-corrected chi connectivity index (χ3v) is 4.36. The summed E-state index contributed by atoms with van der Waals surface area (Å²) in [6.07, 6.45) is 1.11. The average Bonchev–Trinajstić information content (AvgIpc) is 2.81. The molecule has 7 heteroatoms. The number of carbonyl (C=O) groups is 1. The van der Waals surface area contributed by atoms with Gasteiger partial charge in [0.25, 0.3) is 0 Å². The number of halogens is 1. The van der Waals surface area contributed by atoms with Gasteiger partial charge in [0, 0.05) is 18.1 Å². The van der Waals surface area contributed by atoms with E-state index in [9.17, 15) is 4.79 Å². The van der Waals surface area contributed by atoms with Crippen LogP contribution in [0.2, 0.25) is 5.02 Å². The van der Waals surface area contributed by atoms with Crippen LogP contribution in [0, 0.1) is 0 Å². The lowest BCUT2D eigenvalue weighted by Crippen LogP contribution is -2.38. The molecule has 1 aromatic heterocycles. The number of imidazole rings is 1. The van der Waals surface area contributed by atoms with Crippen LogP contribution in [-0.4, -0.2) is 65.4 Å². The van der Waals surface area contributed by atoms with E-state index >= 15 is 0 Å². The fourth-order valence-corrected chi connectivity index (χ4v) is 2.99. The lowest BCUT2D eigenvalue weighted by molar-refractivity contribution is -0.122. The number of nitrogens with zero attached hydrogens (tertiary/aromatic N) is 3. The number of hydrogen-bond acceptors (Lipinski definition) is 4. The van der Waals surface area contributed by atoms with E-state index in [1.165, 1.54) is 0 Å². The number of carbonyl (C=O) groups excluding carboxylic acids is 1. The average molecular weight is 336 g/mol. The number of H-pyrrole nitrogens is 1. The van der Waals surface area contributed by atoms with E-state index < -0.39 is 0 Å². The Morgan fingerprint density at radius 3 is 3.09 bits per heavy atom. The van der Waals surface area contributed by atoms with Crippen molar-refractivity contribution in [3.05, 3.63) is 29.0 Å². The van der Waals surface area contributed by atoms with E-state index in [1.807, 2.05) is 18.2 Å². The van der Waals surface area contributed by atoms with Crippen molar-refractivity contribution >= 4 is 28.5 Å². The number of hydrogen-bond donors (Lipinski definition) is 2. The van der Waals surface area contributed by atoms with E-state index in [1.54, 1.807) is 0 Å². The first-order valence-corrected chi connectivity index (χ1v) is 8.30. The molecule has 3 rings (SSSR count). The van der Waals surface area contributed by atoms with E-state index in [0.717, 1.165) is 49.5 Å². The van der Waals surface area contributed by atoms with Crippen LogP contribution < -0.4 is 5.32 Å². The van der Waals surface area contributed by atoms with Gasteiger partial charge in [-0.1, -0.05) is 11.6 Å². The Bertz CT molecular complexity index is 686. The number of benzene rings is 1. The van der Waals surface area contributed by atoms with Crippen molar-refractivity contribution in [3.8, 4) is 0 Å². The van der Waals surface area contributed by atoms with Gasteiger partial charge in [-0.05, 0) is 44.8 Å². The second-order valence-corrected chi connectivity index (χ2v) is 6.49. The van der Waals surface area contributed by atoms with Crippen molar-refractivity contribution in [1.82, 2.24) is 25.1 Å². The number of aromatic amines is 1. The Morgan fingerprint density at radius 2 is 2.22 bits per heavy atom. The van der Waals surface area contributed by atoms with Crippen LogP contribution in [0.15, 0.2) is 18.2 Å². The quantitative estimate of drug-likeness (QED) is 0.888. The Balaban J connectivity index is 1.51. The molecule has 23 heavy (non-hydrogen) atoms. The summed E-state index contributed by atoms with van der Waals surface area (Å²) < 4.78 is 0. The lowest BCUT2D eigenvalue weighted by Gasteiger charge is -2.19. The molecule has 0 unspecified atom stereocenters. The Labute approximate surface area is 140 Å². The van der Waals surface area contributed by atoms with Gasteiger partial charge in [-0.2, -0.15) is 0 Å². The molecule has 1 aliphatic heterocycles. The van der Waals surface area contributed by atoms with Gasteiger partial charge in [-0.3, -0.25) is 9.69 Å². The van der Waals surface area contributed by atoms with Crippen LogP contribution in [0.3, 0.4) is 0 Å². The molecule has 6 nitrogen and oxygen atoms in total. The van der Waals surface area contributed by atoms with Gasteiger partial charge in [0.05, 0.1) is 24.1 Å². The van der Waals surface area contributed by atoms with E-state index in [2.05, 4.69) is 32.1 Å². The largest absolute Gasteiger partial charge is 0.348 e. The van der Waals surface area contributed by atoms with Crippen molar-refractivity contribution < 1.29 is 4.79 Å². The number of amides is 1. The van der Waals surface area contributed by atoms with Crippen LogP contribution in [0.1, 0.15) is 12.2 Å². The van der Waals surface area contributed by atoms with Crippen LogP contribution in [0.4, 0.5) is 0 Å². The van der Waals surface area contributed by atoms with E-state index in [0.29, 0.717) is 18.1 Å². The molecule has 0 bridgehead atoms. The molecule has 1 aliphatic rings. The molecule has 0 saturated carbocycles. The van der Waals surface area contributed by atoms with Crippen LogP contribution >= 0.6 is 11.6 Å². The number of rotatable bonds is 4. The fraction of sp³-hybridized carbons (Fsp3) is 0.500. The Morgan fingerprint density at radius 1 is 1.35 bits per heavy atom. The highest BCUT2D eigenvalue weighted by Gasteiger charge is 2.15. The minimum atomic E-state index is 0.0352. The number of likely N-dealkylation sites (N-methyl/N-ethyl adjacent to an activating group) is 1. The SMILES string of the molecule is CN1CCCN(CC(=O)NCc2nc3ccc(Cl)cc3[nH]2)CC1. The summed E-state index contributed by atoms with van der Waals surface area (Å²) >= 11 is 5.96. The standard InChI is InChI=1S/C16H22ClN5O/c1-21-5-2-6-22(8-7-21)11-16(23)18-10-15-19-13-4-3-12(17)9-14(13)20-15/h3-4,9H,2,5-8,10-11H2,1H3,(H,18,23)(H,19,20). The normalized spacial score (nSPS) is 17.3. The van der Waals surface area contributed by atoms with Crippen LogP contribution in [-0.2, 0) is 11.3 Å². The molecule has 0 aliphatic carbocycles. The van der Waals surface area contributed by atoms with Crippen molar-refractivity contribution in [3.63, 3.8) is 0 Å².